The van der Waals surface area contributed by atoms with Crippen molar-refractivity contribution in [1.29, 1.82) is 0 Å². The number of carbonyl (C=O) groups is 3. The summed E-state index contributed by atoms with van der Waals surface area (Å²) in [6, 6.07) is 5.65. The van der Waals surface area contributed by atoms with E-state index < -0.39 is 0 Å². The van der Waals surface area contributed by atoms with Crippen molar-refractivity contribution in [3.05, 3.63) is 34.4 Å². The summed E-state index contributed by atoms with van der Waals surface area (Å²) in [4.78, 5) is 44.5. The van der Waals surface area contributed by atoms with Crippen molar-refractivity contribution in [1.82, 2.24) is 9.88 Å². The highest BCUT2D eigenvalue weighted by atomic mass is 79.9. The van der Waals surface area contributed by atoms with Crippen molar-refractivity contribution < 1.29 is 19.1 Å². The Bertz CT molecular complexity index is 1060. The Kier molecular flexibility index (Phi) is 6.78. The lowest BCUT2D eigenvalue weighted by Crippen LogP contribution is -2.41. The number of fused-ring (bicyclic) bond motifs is 2. The molecule has 0 saturated carbocycles. The van der Waals surface area contributed by atoms with Gasteiger partial charge in [0.05, 0.1) is 22.8 Å². The Labute approximate surface area is 202 Å². The minimum absolute atomic E-state index is 0.0527. The molecule has 2 aliphatic heterocycles. The molecule has 170 valence electrons. The molecule has 8 nitrogen and oxygen atoms in total. The zero-order valence-electron chi connectivity index (χ0n) is 17.7. The van der Waals surface area contributed by atoms with Crippen LogP contribution in [0, 0.1) is 0 Å². The number of esters is 1. The molecule has 1 N–H and O–H groups in total. The van der Waals surface area contributed by atoms with Crippen LogP contribution in [0.4, 0.5) is 15.6 Å². The maximum absolute atomic E-state index is 13.2. The molecule has 32 heavy (non-hydrogen) atoms. The molecule has 2 aliphatic rings. The van der Waals surface area contributed by atoms with Gasteiger partial charge in [-0.3, -0.25) is 19.8 Å². The number of aromatic nitrogens is 1. The number of carbonyl (C=O) groups excluding carboxylic acids is 3. The smallest absolute Gasteiger partial charge is 0.328 e. The number of nitrogens with zero attached hydrogens (tertiary/aromatic N) is 3. The molecule has 0 bridgehead atoms. The van der Waals surface area contributed by atoms with Gasteiger partial charge in [0, 0.05) is 42.1 Å². The predicted molar refractivity (Wildman–Crippen MR) is 129 cm³/mol. The Hall–Kier alpha value is -2.11. The van der Waals surface area contributed by atoms with E-state index in [4.69, 9.17) is 4.74 Å². The van der Waals surface area contributed by atoms with Crippen LogP contribution in [0.5, 0.6) is 0 Å². The van der Waals surface area contributed by atoms with Gasteiger partial charge in [-0.25, -0.2) is 9.78 Å². The summed E-state index contributed by atoms with van der Waals surface area (Å²) in [6.45, 7) is 5.49. The first-order chi connectivity index (χ1) is 15.3. The molecule has 1 aromatic carbocycles. The number of anilines is 2. The first kappa shape index (κ1) is 23.1. The maximum atomic E-state index is 13.2. The van der Waals surface area contributed by atoms with Crippen LogP contribution in [0.15, 0.2) is 33.1 Å². The van der Waals surface area contributed by atoms with Gasteiger partial charge in [-0.05, 0) is 37.1 Å². The number of hydrogen-bond donors (Lipinski definition) is 1. The van der Waals surface area contributed by atoms with E-state index in [1.807, 2.05) is 17.0 Å². The lowest BCUT2D eigenvalue weighted by Gasteiger charge is -2.25. The fourth-order valence-electron chi connectivity index (χ4n) is 4.19. The van der Waals surface area contributed by atoms with E-state index in [0.29, 0.717) is 31.4 Å². The number of halogens is 1. The predicted octanol–water partition coefficient (Wildman–Crippen LogP) is 4.10. The van der Waals surface area contributed by atoms with Crippen molar-refractivity contribution >= 4 is 67.8 Å². The van der Waals surface area contributed by atoms with E-state index in [2.05, 4.69) is 32.3 Å². The van der Waals surface area contributed by atoms with Gasteiger partial charge in [0.1, 0.15) is 0 Å². The highest BCUT2D eigenvalue weighted by molar-refractivity contribution is 9.10. The number of amides is 3. The molecule has 1 atom stereocenters. The molecule has 11 heteroatoms. The molecular weight excluding hydrogens is 516 g/mol. The normalized spacial score (nSPS) is 19.3. The van der Waals surface area contributed by atoms with Crippen LogP contribution in [-0.4, -0.2) is 59.8 Å². The average molecular weight is 539 g/mol. The Morgan fingerprint density at radius 1 is 1.34 bits per heavy atom. The van der Waals surface area contributed by atoms with Gasteiger partial charge in [-0.15, -0.1) is 11.8 Å². The van der Waals surface area contributed by atoms with Gasteiger partial charge in [0.25, 0.3) is 0 Å². The highest BCUT2D eigenvalue weighted by Crippen LogP contribution is 2.47. The van der Waals surface area contributed by atoms with E-state index >= 15 is 0 Å². The van der Waals surface area contributed by atoms with Gasteiger partial charge in [0.2, 0.25) is 5.91 Å². The average Bonchev–Trinajstić information content (AvgIpc) is 3.46. The van der Waals surface area contributed by atoms with Gasteiger partial charge in [-0.1, -0.05) is 27.3 Å². The molecule has 1 aromatic heterocycles. The van der Waals surface area contributed by atoms with Crippen LogP contribution >= 0.6 is 39.0 Å². The molecule has 0 aliphatic carbocycles. The van der Waals surface area contributed by atoms with E-state index in [-0.39, 0.29) is 29.1 Å². The number of ether oxygens (including phenoxy) is 1. The van der Waals surface area contributed by atoms with E-state index in [1.165, 1.54) is 23.1 Å². The first-order valence-corrected chi connectivity index (χ1v) is 12.8. The van der Waals surface area contributed by atoms with Crippen LogP contribution < -0.4 is 10.2 Å². The number of benzene rings is 1. The number of urea groups is 1. The van der Waals surface area contributed by atoms with Crippen LogP contribution in [0.2, 0.25) is 0 Å². The zero-order chi connectivity index (χ0) is 22.9. The first-order valence-electron chi connectivity index (χ1n) is 10.2. The second-order valence-electron chi connectivity index (χ2n) is 7.73. The largest absolute Gasteiger partial charge is 0.465 e. The molecule has 4 rings (SSSR count). The lowest BCUT2D eigenvalue weighted by atomic mass is 9.81. The summed E-state index contributed by atoms with van der Waals surface area (Å²) >= 11 is 6.19. The fraction of sp³-hybridized carbons (Fsp3) is 0.429. The summed E-state index contributed by atoms with van der Waals surface area (Å²) < 4.78 is 6.70. The summed E-state index contributed by atoms with van der Waals surface area (Å²) in [6.07, 6.45) is 2.45. The van der Waals surface area contributed by atoms with Crippen molar-refractivity contribution in [3.63, 3.8) is 0 Å². The summed E-state index contributed by atoms with van der Waals surface area (Å²) in [5.74, 6) is -0.0257. The zero-order valence-corrected chi connectivity index (χ0v) is 20.9. The van der Waals surface area contributed by atoms with Crippen LogP contribution in [0.1, 0.15) is 25.8 Å². The maximum Gasteiger partial charge on any atom is 0.328 e. The highest BCUT2D eigenvalue weighted by Gasteiger charge is 2.49. The molecule has 1 fully saturated rings. The quantitative estimate of drug-likeness (QED) is 0.455. The van der Waals surface area contributed by atoms with Crippen molar-refractivity contribution in [2.75, 3.05) is 42.2 Å². The number of nitrogens with one attached hydrogen (secondary N) is 1. The number of thioether (sulfide) groups is 1. The van der Waals surface area contributed by atoms with E-state index in [1.54, 1.807) is 24.9 Å². The van der Waals surface area contributed by atoms with Crippen LogP contribution in [0.25, 0.3) is 0 Å². The summed E-state index contributed by atoms with van der Waals surface area (Å²) in [5, 5.41) is 3.36. The summed E-state index contributed by atoms with van der Waals surface area (Å²) in [7, 11) is 0. The SMILES string of the molecule is CCOC(=O)CSc1cnc(NC(=O)N2C[C@@]3(CCN(C(C)=O)C3)c3cc(Br)ccc32)s1. The molecule has 1 spiro atoms. The Morgan fingerprint density at radius 3 is 2.88 bits per heavy atom. The molecule has 0 radical (unpaired) electrons. The van der Waals surface area contributed by atoms with Gasteiger partial charge < -0.3 is 9.64 Å². The second kappa shape index (κ2) is 9.40. The van der Waals surface area contributed by atoms with Crippen molar-refractivity contribution in [3.8, 4) is 0 Å². The van der Waals surface area contributed by atoms with E-state index in [9.17, 15) is 14.4 Å². The summed E-state index contributed by atoms with van der Waals surface area (Å²) in [5.41, 5.74) is 1.66. The minimum atomic E-state index is -0.280. The molecule has 3 heterocycles. The number of rotatable bonds is 5. The third-order valence-corrected chi connectivity index (χ3v) is 8.24. The number of hydrogen-bond acceptors (Lipinski definition) is 7. The van der Waals surface area contributed by atoms with Crippen molar-refractivity contribution in [2.45, 2.75) is 29.9 Å². The Morgan fingerprint density at radius 2 is 2.16 bits per heavy atom. The molecule has 0 unspecified atom stereocenters. The number of thiazole rings is 1. The number of likely N-dealkylation sites (tertiary alicyclic amines) is 1. The fourth-order valence-corrected chi connectivity index (χ4v) is 6.21. The van der Waals surface area contributed by atoms with Gasteiger partial charge in [-0.2, -0.15) is 0 Å². The topological polar surface area (TPSA) is 91.8 Å². The third kappa shape index (κ3) is 4.65. The lowest BCUT2D eigenvalue weighted by molar-refractivity contribution is -0.139. The molecular formula is C21H23BrN4O4S2. The van der Waals surface area contributed by atoms with Gasteiger partial charge in [0.15, 0.2) is 5.13 Å². The second-order valence-corrected chi connectivity index (χ2v) is 10.9. The third-order valence-electron chi connectivity index (χ3n) is 5.66. The molecule has 1 saturated heterocycles. The minimum Gasteiger partial charge on any atom is -0.465 e. The standard InChI is InChI=1S/C21H23BrN4O4S2/c1-3-30-17(28)10-31-18-9-23-19(32-18)24-20(29)26-12-21(6-7-25(11-21)13(2)27)15-8-14(22)4-5-16(15)26/h4-5,8-9H,3,6-7,10-12H2,1-2H3,(H,23,24,29)/t21-/m0/s1. The van der Waals surface area contributed by atoms with Gasteiger partial charge >= 0.3 is 12.0 Å². The van der Waals surface area contributed by atoms with Crippen molar-refractivity contribution in [2.24, 2.45) is 0 Å². The monoisotopic (exact) mass is 538 g/mol. The Balaban J connectivity index is 1.48. The molecule has 3 amide bonds. The van der Waals surface area contributed by atoms with Crippen LogP contribution in [-0.2, 0) is 19.7 Å². The van der Waals surface area contributed by atoms with Crippen LogP contribution in [0.3, 0.4) is 0 Å². The molecule has 2 aromatic rings. The van der Waals surface area contributed by atoms with E-state index in [0.717, 1.165) is 26.4 Å².